The molecule has 3 nitrogen and oxygen atoms in total. The first kappa shape index (κ1) is 10.3. The van der Waals surface area contributed by atoms with Gasteiger partial charge in [0.05, 0.1) is 24.0 Å². The molecule has 0 aliphatic carbocycles. The minimum absolute atomic E-state index is 0.496. The van der Waals surface area contributed by atoms with Crippen molar-refractivity contribution in [1.29, 1.82) is 0 Å². The van der Waals surface area contributed by atoms with Crippen molar-refractivity contribution in [3.05, 3.63) is 47.8 Å². The molecule has 0 aliphatic rings. The largest absolute Gasteiger partial charge is 0.387 e. The molecule has 15 heavy (non-hydrogen) atoms. The SMILES string of the molecule is OC(CCc1ccccc1)c1cnsn1. The van der Waals surface area contributed by atoms with Gasteiger partial charge in [0.15, 0.2) is 0 Å². The maximum atomic E-state index is 9.77. The van der Waals surface area contributed by atoms with Gasteiger partial charge in [-0.25, -0.2) is 0 Å². The first-order valence-electron chi connectivity index (χ1n) is 4.85. The fraction of sp³-hybridized carbons (Fsp3) is 0.273. The zero-order valence-electron chi connectivity index (χ0n) is 8.21. The summed E-state index contributed by atoms with van der Waals surface area (Å²) in [5, 5.41) is 9.77. The van der Waals surface area contributed by atoms with Gasteiger partial charge in [0.2, 0.25) is 0 Å². The van der Waals surface area contributed by atoms with E-state index in [-0.39, 0.29) is 0 Å². The van der Waals surface area contributed by atoms with E-state index in [1.807, 2.05) is 18.2 Å². The summed E-state index contributed by atoms with van der Waals surface area (Å²) in [7, 11) is 0. The molecule has 1 unspecified atom stereocenters. The van der Waals surface area contributed by atoms with Crippen LogP contribution in [0.4, 0.5) is 0 Å². The summed E-state index contributed by atoms with van der Waals surface area (Å²) in [6, 6.07) is 10.1. The molecule has 78 valence electrons. The fourth-order valence-electron chi connectivity index (χ4n) is 1.41. The van der Waals surface area contributed by atoms with Gasteiger partial charge in [-0.15, -0.1) is 0 Å². The Hall–Kier alpha value is -1.26. The van der Waals surface area contributed by atoms with Crippen LogP contribution in [0.2, 0.25) is 0 Å². The standard InChI is InChI=1S/C11H12N2OS/c14-11(10-8-12-15-13-10)7-6-9-4-2-1-3-5-9/h1-5,8,11,14H,6-7H2. The predicted octanol–water partition coefficient (Wildman–Crippen LogP) is 2.20. The Morgan fingerprint density at radius 1 is 1.27 bits per heavy atom. The topological polar surface area (TPSA) is 46.0 Å². The number of aliphatic hydroxyl groups excluding tert-OH is 1. The van der Waals surface area contributed by atoms with Gasteiger partial charge in [0, 0.05) is 0 Å². The van der Waals surface area contributed by atoms with Crippen molar-refractivity contribution < 1.29 is 5.11 Å². The Balaban J connectivity index is 1.89. The Labute approximate surface area is 92.7 Å². The monoisotopic (exact) mass is 220 g/mol. The third kappa shape index (κ3) is 2.84. The van der Waals surface area contributed by atoms with Crippen LogP contribution >= 0.6 is 11.7 Å². The number of hydrogen-bond donors (Lipinski definition) is 1. The fourth-order valence-corrected chi connectivity index (χ4v) is 1.88. The summed E-state index contributed by atoms with van der Waals surface area (Å²) in [5.41, 5.74) is 1.91. The van der Waals surface area contributed by atoms with Gasteiger partial charge in [0.1, 0.15) is 5.69 Å². The van der Waals surface area contributed by atoms with Crippen LogP contribution in [0.3, 0.4) is 0 Å². The molecule has 1 aromatic carbocycles. The molecule has 0 aliphatic heterocycles. The third-order valence-electron chi connectivity index (χ3n) is 2.27. The lowest BCUT2D eigenvalue weighted by Crippen LogP contribution is -1.99. The molecular formula is C11H12N2OS. The number of benzene rings is 1. The van der Waals surface area contributed by atoms with Crippen molar-refractivity contribution in [3.8, 4) is 0 Å². The minimum atomic E-state index is -0.496. The molecule has 1 atom stereocenters. The van der Waals surface area contributed by atoms with Crippen molar-refractivity contribution in [1.82, 2.24) is 8.75 Å². The van der Waals surface area contributed by atoms with Gasteiger partial charge < -0.3 is 5.11 Å². The van der Waals surface area contributed by atoms with E-state index >= 15 is 0 Å². The summed E-state index contributed by atoms with van der Waals surface area (Å²) in [5.74, 6) is 0. The summed E-state index contributed by atoms with van der Waals surface area (Å²) in [4.78, 5) is 0. The second-order valence-corrected chi connectivity index (χ2v) is 3.93. The molecule has 2 aromatic rings. The van der Waals surface area contributed by atoms with Crippen LogP contribution in [0.15, 0.2) is 36.5 Å². The minimum Gasteiger partial charge on any atom is -0.387 e. The van der Waals surface area contributed by atoms with E-state index in [0.717, 1.165) is 18.1 Å². The van der Waals surface area contributed by atoms with Gasteiger partial charge in [-0.05, 0) is 18.4 Å². The highest BCUT2D eigenvalue weighted by atomic mass is 32.1. The maximum Gasteiger partial charge on any atom is 0.103 e. The summed E-state index contributed by atoms with van der Waals surface area (Å²) in [6.07, 6.45) is 2.68. The smallest absolute Gasteiger partial charge is 0.103 e. The first-order valence-corrected chi connectivity index (χ1v) is 5.59. The van der Waals surface area contributed by atoms with Crippen LogP contribution in [0.5, 0.6) is 0 Å². The van der Waals surface area contributed by atoms with E-state index in [1.54, 1.807) is 6.20 Å². The second kappa shape index (κ2) is 5.00. The van der Waals surface area contributed by atoms with Crippen LogP contribution in [0.25, 0.3) is 0 Å². The van der Waals surface area contributed by atoms with Gasteiger partial charge in [0.25, 0.3) is 0 Å². The highest BCUT2D eigenvalue weighted by Crippen LogP contribution is 2.16. The van der Waals surface area contributed by atoms with Crippen molar-refractivity contribution in [2.45, 2.75) is 18.9 Å². The zero-order valence-corrected chi connectivity index (χ0v) is 9.02. The average Bonchev–Trinajstić information content (AvgIpc) is 2.81. The van der Waals surface area contributed by atoms with E-state index in [4.69, 9.17) is 0 Å². The van der Waals surface area contributed by atoms with Crippen LogP contribution in [0, 0.1) is 0 Å². The lowest BCUT2D eigenvalue weighted by Gasteiger charge is -2.06. The van der Waals surface area contributed by atoms with Gasteiger partial charge >= 0.3 is 0 Å². The molecule has 0 bridgehead atoms. The second-order valence-electron chi connectivity index (χ2n) is 3.37. The number of aromatic nitrogens is 2. The quantitative estimate of drug-likeness (QED) is 0.859. The molecule has 0 spiro atoms. The molecule has 0 fully saturated rings. The van der Waals surface area contributed by atoms with E-state index in [2.05, 4.69) is 20.9 Å². The predicted molar refractivity (Wildman–Crippen MR) is 59.6 cm³/mol. The molecule has 1 aromatic heterocycles. The Kier molecular flexibility index (Phi) is 3.42. The van der Waals surface area contributed by atoms with Crippen LogP contribution in [-0.4, -0.2) is 13.9 Å². The van der Waals surface area contributed by atoms with Crippen molar-refractivity contribution in [2.75, 3.05) is 0 Å². The van der Waals surface area contributed by atoms with Crippen molar-refractivity contribution >= 4 is 11.7 Å². The van der Waals surface area contributed by atoms with Crippen LogP contribution in [0.1, 0.15) is 23.8 Å². The van der Waals surface area contributed by atoms with Crippen molar-refractivity contribution in [3.63, 3.8) is 0 Å². The van der Waals surface area contributed by atoms with E-state index in [1.165, 1.54) is 5.56 Å². The molecule has 0 saturated heterocycles. The molecule has 1 heterocycles. The van der Waals surface area contributed by atoms with Gasteiger partial charge in [-0.3, -0.25) is 0 Å². The Morgan fingerprint density at radius 2 is 2.07 bits per heavy atom. The van der Waals surface area contributed by atoms with Crippen LogP contribution in [-0.2, 0) is 6.42 Å². The zero-order chi connectivity index (χ0) is 10.5. The number of aliphatic hydroxyl groups is 1. The van der Waals surface area contributed by atoms with Gasteiger partial charge in [-0.1, -0.05) is 30.3 Å². The lowest BCUT2D eigenvalue weighted by atomic mass is 10.1. The summed E-state index contributed by atoms with van der Waals surface area (Å²) in [6.45, 7) is 0. The lowest BCUT2D eigenvalue weighted by molar-refractivity contribution is 0.164. The number of hydrogen-bond acceptors (Lipinski definition) is 4. The third-order valence-corrected chi connectivity index (χ3v) is 2.76. The van der Waals surface area contributed by atoms with Crippen LogP contribution < -0.4 is 0 Å². The average molecular weight is 220 g/mol. The number of rotatable bonds is 4. The molecule has 0 saturated carbocycles. The van der Waals surface area contributed by atoms with Crippen molar-refractivity contribution in [2.24, 2.45) is 0 Å². The number of nitrogens with zero attached hydrogens (tertiary/aromatic N) is 2. The first-order chi connectivity index (χ1) is 7.36. The molecule has 2 rings (SSSR count). The molecule has 0 radical (unpaired) electrons. The highest BCUT2D eigenvalue weighted by molar-refractivity contribution is 6.99. The van der Waals surface area contributed by atoms with E-state index in [0.29, 0.717) is 12.1 Å². The van der Waals surface area contributed by atoms with E-state index in [9.17, 15) is 5.11 Å². The normalized spacial score (nSPS) is 12.6. The molecule has 1 N–H and O–H groups in total. The van der Waals surface area contributed by atoms with Gasteiger partial charge in [-0.2, -0.15) is 8.75 Å². The molecule has 0 amide bonds. The highest BCUT2D eigenvalue weighted by Gasteiger charge is 2.09. The summed E-state index contributed by atoms with van der Waals surface area (Å²) >= 11 is 1.13. The summed E-state index contributed by atoms with van der Waals surface area (Å²) < 4.78 is 7.88. The molecule has 4 heteroatoms. The Bertz CT molecular complexity index is 388. The maximum absolute atomic E-state index is 9.77. The Morgan fingerprint density at radius 3 is 2.73 bits per heavy atom. The van der Waals surface area contributed by atoms with E-state index < -0.39 is 6.10 Å². The number of aryl methyl sites for hydroxylation is 1. The molecular weight excluding hydrogens is 208 g/mol.